The quantitative estimate of drug-likeness (QED) is 0.422. The standard InChI is InChI=1S/C25H33F2N3O3/c1-15(2)13-30(14-16(3)4)22-10-7-17(25(5,6)23(31)32)11-21(22)29-24(33)28-20-9-8-18(26)12-19(20)27/h7-12,15-16H,13-14H2,1-6H3,(H,31,32)(H2,28,29,33). The lowest BCUT2D eigenvalue weighted by Crippen LogP contribution is -2.33. The van der Waals surface area contributed by atoms with Crippen molar-refractivity contribution >= 4 is 29.1 Å². The molecule has 2 amide bonds. The van der Waals surface area contributed by atoms with Crippen LogP contribution in [-0.2, 0) is 10.2 Å². The van der Waals surface area contributed by atoms with Gasteiger partial charge in [-0.15, -0.1) is 0 Å². The monoisotopic (exact) mass is 461 g/mol. The summed E-state index contributed by atoms with van der Waals surface area (Å²) in [4.78, 5) is 26.6. The van der Waals surface area contributed by atoms with Crippen LogP contribution in [0.25, 0.3) is 0 Å². The Kier molecular flexibility index (Phi) is 8.41. The van der Waals surface area contributed by atoms with E-state index in [1.54, 1.807) is 32.0 Å². The Labute approximate surface area is 194 Å². The molecule has 0 unspecified atom stereocenters. The van der Waals surface area contributed by atoms with E-state index in [0.717, 1.165) is 30.9 Å². The van der Waals surface area contributed by atoms with E-state index in [4.69, 9.17) is 0 Å². The zero-order valence-electron chi connectivity index (χ0n) is 20.0. The Morgan fingerprint density at radius 3 is 2.03 bits per heavy atom. The lowest BCUT2D eigenvalue weighted by molar-refractivity contribution is -0.142. The normalized spacial score (nSPS) is 11.6. The van der Waals surface area contributed by atoms with Gasteiger partial charge in [-0.3, -0.25) is 4.79 Å². The van der Waals surface area contributed by atoms with Crippen LogP contribution in [0, 0.1) is 23.5 Å². The van der Waals surface area contributed by atoms with Gasteiger partial charge >= 0.3 is 12.0 Å². The number of urea groups is 1. The molecule has 0 radical (unpaired) electrons. The molecule has 0 atom stereocenters. The molecule has 180 valence electrons. The van der Waals surface area contributed by atoms with E-state index >= 15 is 0 Å². The summed E-state index contributed by atoms with van der Waals surface area (Å²) in [6.45, 7) is 13.0. The molecule has 2 aromatic carbocycles. The maximum Gasteiger partial charge on any atom is 0.323 e. The van der Waals surface area contributed by atoms with Crippen molar-refractivity contribution in [3.63, 3.8) is 0 Å². The van der Waals surface area contributed by atoms with E-state index in [9.17, 15) is 23.5 Å². The molecule has 6 nitrogen and oxygen atoms in total. The van der Waals surface area contributed by atoms with Crippen LogP contribution in [0.1, 0.15) is 47.1 Å². The Bertz CT molecular complexity index is 996. The molecule has 0 aliphatic heterocycles. The number of nitrogens with zero attached hydrogens (tertiary/aromatic N) is 1. The zero-order valence-corrected chi connectivity index (χ0v) is 20.0. The van der Waals surface area contributed by atoms with Crippen molar-refractivity contribution in [1.82, 2.24) is 0 Å². The summed E-state index contributed by atoms with van der Waals surface area (Å²) in [5, 5.41) is 14.8. The number of amides is 2. The molecule has 0 fully saturated rings. The van der Waals surface area contributed by atoms with Crippen molar-refractivity contribution in [2.45, 2.75) is 47.0 Å². The number of hydrogen-bond donors (Lipinski definition) is 3. The van der Waals surface area contributed by atoms with E-state index in [-0.39, 0.29) is 5.69 Å². The average molecular weight is 462 g/mol. The number of halogens is 2. The number of rotatable bonds is 9. The minimum absolute atomic E-state index is 0.168. The van der Waals surface area contributed by atoms with Gasteiger partial charge in [-0.1, -0.05) is 33.8 Å². The highest BCUT2D eigenvalue weighted by molar-refractivity contribution is 6.02. The van der Waals surface area contributed by atoms with E-state index in [1.165, 1.54) is 0 Å². The minimum atomic E-state index is -1.19. The number of carboxylic acid groups (broad SMARTS) is 1. The van der Waals surface area contributed by atoms with Crippen molar-refractivity contribution in [3.05, 3.63) is 53.6 Å². The fraction of sp³-hybridized carbons (Fsp3) is 0.440. The van der Waals surface area contributed by atoms with E-state index in [0.29, 0.717) is 29.2 Å². The molecular weight excluding hydrogens is 428 g/mol. The third-order valence-corrected chi connectivity index (χ3v) is 5.19. The van der Waals surface area contributed by atoms with Crippen molar-refractivity contribution in [2.75, 3.05) is 28.6 Å². The van der Waals surface area contributed by atoms with Crippen LogP contribution in [0.2, 0.25) is 0 Å². The first-order valence-electron chi connectivity index (χ1n) is 11.0. The van der Waals surface area contributed by atoms with Gasteiger partial charge in [0.15, 0.2) is 0 Å². The van der Waals surface area contributed by atoms with Crippen LogP contribution < -0.4 is 15.5 Å². The smallest absolute Gasteiger partial charge is 0.323 e. The van der Waals surface area contributed by atoms with Gasteiger partial charge in [0.05, 0.1) is 22.5 Å². The topological polar surface area (TPSA) is 81.7 Å². The summed E-state index contributed by atoms with van der Waals surface area (Å²) in [7, 11) is 0. The number of anilines is 3. The average Bonchev–Trinajstić information content (AvgIpc) is 2.68. The molecule has 0 aliphatic rings. The number of carboxylic acids is 1. The molecule has 0 aliphatic carbocycles. The van der Waals surface area contributed by atoms with Crippen molar-refractivity contribution in [2.24, 2.45) is 11.8 Å². The van der Waals surface area contributed by atoms with E-state index in [2.05, 4.69) is 43.2 Å². The lowest BCUT2D eigenvalue weighted by atomic mass is 9.84. The number of carbonyl (C=O) groups is 2. The van der Waals surface area contributed by atoms with Gasteiger partial charge < -0.3 is 20.6 Å². The van der Waals surface area contributed by atoms with Gasteiger partial charge in [0, 0.05) is 19.2 Å². The number of benzene rings is 2. The molecule has 0 bridgehead atoms. The Balaban J connectivity index is 2.47. The summed E-state index contributed by atoms with van der Waals surface area (Å²) in [5.74, 6) is -1.96. The Hall–Kier alpha value is -3.16. The SMILES string of the molecule is CC(C)CN(CC(C)C)c1ccc(C(C)(C)C(=O)O)cc1NC(=O)Nc1ccc(F)cc1F. The second-order valence-corrected chi connectivity index (χ2v) is 9.56. The third-order valence-electron chi connectivity index (χ3n) is 5.19. The molecule has 0 saturated heterocycles. The molecule has 0 saturated carbocycles. The predicted molar refractivity (Wildman–Crippen MR) is 128 cm³/mol. The lowest BCUT2D eigenvalue weighted by Gasteiger charge is -2.31. The number of hydrogen-bond acceptors (Lipinski definition) is 3. The van der Waals surface area contributed by atoms with Crippen LogP contribution in [0.3, 0.4) is 0 Å². The largest absolute Gasteiger partial charge is 0.481 e. The molecule has 0 aromatic heterocycles. The van der Waals surface area contributed by atoms with Gasteiger partial charge in [0.2, 0.25) is 0 Å². The fourth-order valence-electron chi connectivity index (χ4n) is 3.44. The van der Waals surface area contributed by atoms with Gasteiger partial charge in [0.1, 0.15) is 11.6 Å². The summed E-state index contributed by atoms with van der Waals surface area (Å²) < 4.78 is 27.2. The maximum atomic E-state index is 14.0. The van der Waals surface area contributed by atoms with Crippen LogP contribution in [-0.4, -0.2) is 30.2 Å². The highest BCUT2D eigenvalue weighted by Gasteiger charge is 2.30. The van der Waals surface area contributed by atoms with E-state index in [1.807, 2.05) is 0 Å². The zero-order chi connectivity index (χ0) is 24.9. The fourth-order valence-corrected chi connectivity index (χ4v) is 3.44. The summed E-state index contributed by atoms with van der Waals surface area (Å²) in [5.41, 5.74) is 0.296. The molecule has 8 heteroatoms. The summed E-state index contributed by atoms with van der Waals surface area (Å²) in [6, 6.07) is 7.34. The van der Waals surface area contributed by atoms with Gasteiger partial charge in [0.25, 0.3) is 0 Å². The maximum absolute atomic E-state index is 14.0. The Morgan fingerprint density at radius 2 is 1.52 bits per heavy atom. The molecule has 33 heavy (non-hydrogen) atoms. The van der Waals surface area contributed by atoms with Crippen molar-refractivity contribution in [3.8, 4) is 0 Å². The number of nitrogens with one attached hydrogen (secondary N) is 2. The minimum Gasteiger partial charge on any atom is -0.481 e. The van der Waals surface area contributed by atoms with Crippen molar-refractivity contribution < 1.29 is 23.5 Å². The summed E-state index contributed by atoms with van der Waals surface area (Å²) >= 11 is 0. The number of aliphatic carboxylic acids is 1. The predicted octanol–water partition coefficient (Wildman–Crippen LogP) is 6.09. The second kappa shape index (κ2) is 10.6. The molecule has 2 rings (SSSR count). The highest BCUT2D eigenvalue weighted by atomic mass is 19.1. The van der Waals surface area contributed by atoms with E-state index < -0.39 is 29.0 Å². The van der Waals surface area contributed by atoms with Gasteiger partial charge in [-0.05, 0) is 55.5 Å². The molecule has 0 spiro atoms. The van der Waals surface area contributed by atoms with Crippen LogP contribution in [0.4, 0.5) is 30.6 Å². The number of carbonyl (C=O) groups excluding carboxylic acids is 1. The first-order chi connectivity index (χ1) is 15.3. The van der Waals surface area contributed by atoms with Crippen LogP contribution in [0.5, 0.6) is 0 Å². The second-order valence-electron chi connectivity index (χ2n) is 9.56. The van der Waals surface area contributed by atoms with Crippen LogP contribution >= 0.6 is 0 Å². The molecular formula is C25H33F2N3O3. The molecule has 3 N–H and O–H groups in total. The van der Waals surface area contributed by atoms with Crippen molar-refractivity contribution in [1.29, 1.82) is 0 Å². The van der Waals surface area contributed by atoms with Gasteiger partial charge in [-0.25, -0.2) is 13.6 Å². The molecule has 0 heterocycles. The van der Waals surface area contributed by atoms with Gasteiger partial charge in [-0.2, -0.15) is 0 Å². The molecule has 2 aromatic rings. The third kappa shape index (κ3) is 6.91. The van der Waals surface area contributed by atoms with Crippen LogP contribution in [0.15, 0.2) is 36.4 Å². The first kappa shape index (κ1) is 26.1. The Morgan fingerprint density at radius 1 is 0.939 bits per heavy atom. The highest BCUT2D eigenvalue weighted by Crippen LogP contribution is 2.34. The summed E-state index contributed by atoms with van der Waals surface area (Å²) in [6.07, 6.45) is 0. The first-order valence-corrected chi connectivity index (χ1v) is 11.0.